The average Bonchev–Trinajstić information content (AvgIpc) is 2.17. The van der Waals surface area contributed by atoms with E-state index in [1.54, 1.807) is 6.92 Å². The number of hydrogen-bond donors (Lipinski definition) is 1. The standard InChI is InChI=1S/C9H17NO3/c1-6(10-11)7-8(2,3)13-9(4,5)12-7/h7,11H,1-5H3/b10-6-. The Hall–Kier alpha value is -0.610. The van der Waals surface area contributed by atoms with Gasteiger partial charge in [-0.2, -0.15) is 0 Å². The molecule has 0 bridgehead atoms. The summed E-state index contributed by atoms with van der Waals surface area (Å²) in [5, 5.41) is 11.8. The maximum atomic E-state index is 8.65. The first-order valence-corrected chi connectivity index (χ1v) is 4.35. The second kappa shape index (κ2) is 2.96. The van der Waals surface area contributed by atoms with Gasteiger partial charge in [0.25, 0.3) is 0 Å². The van der Waals surface area contributed by atoms with Gasteiger partial charge in [0.1, 0.15) is 6.10 Å². The highest BCUT2D eigenvalue weighted by atomic mass is 16.8. The number of nitrogens with zero attached hydrogens (tertiary/aromatic N) is 1. The second-order valence-electron chi connectivity index (χ2n) is 4.34. The van der Waals surface area contributed by atoms with E-state index in [0.29, 0.717) is 5.71 Å². The van der Waals surface area contributed by atoms with Crippen LogP contribution in [0.25, 0.3) is 0 Å². The third-order valence-electron chi connectivity index (χ3n) is 2.08. The highest BCUT2D eigenvalue weighted by Crippen LogP contribution is 2.36. The summed E-state index contributed by atoms with van der Waals surface area (Å²) in [6, 6.07) is 0. The molecule has 0 aromatic rings. The molecule has 13 heavy (non-hydrogen) atoms. The predicted molar refractivity (Wildman–Crippen MR) is 49.0 cm³/mol. The van der Waals surface area contributed by atoms with Crippen molar-refractivity contribution in [2.45, 2.75) is 52.1 Å². The van der Waals surface area contributed by atoms with Gasteiger partial charge in [0.2, 0.25) is 0 Å². The van der Waals surface area contributed by atoms with Crippen molar-refractivity contribution < 1.29 is 14.7 Å². The van der Waals surface area contributed by atoms with E-state index in [1.807, 2.05) is 27.7 Å². The van der Waals surface area contributed by atoms with Crippen molar-refractivity contribution in [3.05, 3.63) is 0 Å². The Kier molecular flexibility index (Phi) is 2.38. The second-order valence-corrected chi connectivity index (χ2v) is 4.34. The fourth-order valence-corrected chi connectivity index (χ4v) is 1.78. The normalized spacial score (nSPS) is 32.1. The van der Waals surface area contributed by atoms with Crippen molar-refractivity contribution in [2.75, 3.05) is 0 Å². The molecule has 1 N–H and O–H groups in total. The van der Waals surface area contributed by atoms with Gasteiger partial charge in [-0.3, -0.25) is 0 Å². The average molecular weight is 187 g/mol. The van der Waals surface area contributed by atoms with Crippen LogP contribution in [0, 0.1) is 0 Å². The SMILES string of the molecule is C/C(=N/O)C1OC(C)(C)OC1(C)C. The summed E-state index contributed by atoms with van der Waals surface area (Å²) < 4.78 is 11.3. The Morgan fingerprint density at radius 1 is 1.31 bits per heavy atom. The van der Waals surface area contributed by atoms with Crippen molar-refractivity contribution in [2.24, 2.45) is 5.16 Å². The molecule has 0 spiro atoms. The fraction of sp³-hybridized carbons (Fsp3) is 0.889. The molecule has 0 saturated carbocycles. The Morgan fingerprint density at radius 3 is 2.15 bits per heavy atom. The molecule has 1 aliphatic heterocycles. The molecule has 4 nitrogen and oxygen atoms in total. The van der Waals surface area contributed by atoms with Crippen LogP contribution in [0.5, 0.6) is 0 Å². The lowest BCUT2D eigenvalue weighted by Gasteiger charge is -2.23. The van der Waals surface area contributed by atoms with Crippen LogP contribution in [0.1, 0.15) is 34.6 Å². The number of oxime groups is 1. The Morgan fingerprint density at radius 2 is 1.85 bits per heavy atom. The maximum absolute atomic E-state index is 8.65. The van der Waals surface area contributed by atoms with Crippen LogP contribution >= 0.6 is 0 Å². The topological polar surface area (TPSA) is 51.1 Å². The van der Waals surface area contributed by atoms with Gasteiger partial charge >= 0.3 is 0 Å². The van der Waals surface area contributed by atoms with Gasteiger partial charge < -0.3 is 14.7 Å². The molecular formula is C9H17NO3. The molecule has 1 unspecified atom stereocenters. The van der Waals surface area contributed by atoms with E-state index in [-0.39, 0.29) is 6.10 Å². The summed E-state index contributed by atoms with van der Waals surface area (Å²) >= 11 is 0. The minimum atomic E-state index is -0.611. The number of hydrogen-bond acceptors (Lipinski definition) is 4. The zero-order valence-corrected chi connectivity index (χ0v) is 8.79. The van der Waals surface area contributed by atoms with Crippen LogP contribution < -0.4 is 0 Å². The molecule has 1 fully saturated rings. The van der Waals surface area contributed by atoms with E-state index in [2.05, 4.69) is 5.16 Å². The van der Waals surface area contributed by atoms with E-state index >= 15 is 0 Å². The zero-order valence-electron chi connectivity index (χ0n) is 8.79. The summed E-state index contributed by atoms with van der Waals surface area (Å²) in [4.78, 5) is 0. The van der Waals surface area contributed by atoms with E-state index in [0.717, 1.165) is 0 Å². The third kappa shape index (κ3) is 2.00. The molecule has 0 aliphatic carbocycles. The van der Waals surface area contributed by atoms with Crippen molar-refractivity contribution in [1.82, 2.24) is 0 Å². The molecule has 1 aliphatic rings. The van der Waals surface area contributed by atoms with Crippen LogP contribution in [-0.4, -0.2) is 28.4 Å². The van der Waals surface area contributed by atoms with Crippen LogP contribution in [0.15, 0.2) is 5.16 Å². The van der Waals surface area contributed by atoms with Gasteiger partial charge in [-0.15, -0.1) is 0 Å². The molecule has 0 radical (unpaired) electrons. The summed E-state index contributed by atoms with van der Waals surface area (Å²) in [6.45, 7) is 9.25. The van der Waals surface area contributed by atoms with Gasteiger partial charge in [0.05, 0.1) is 11.3 Å². The molecule has 76 valence electrons. The Bertz CT molecular complexity index is 233. The number of ether oxygens (including phenoxy) is 2. The molecule has 1 atom stereocenters. The summed E-state index contributed by atoms with van der Waals surface area (Å²) in [5.41, 5.74) is 0.0929. The molecule has 0 amide bonds. The first kappa shape index (κ1) is 10.5. The van der Waals surface area contributed by atoms with Crippen molar-refractivity contribution in [3.8, 4) is 0 Å². The highest BCUT2D eigenvalue weighted by molar-refractivity contribution is 5.87. The van der Waals surface area contributed by atoms with Crippen molar-refractivity contribution in [3.63, 3.8) is 0 Å². The largest absolute Gasteiger partial charge is 0.411 e. The van der Waals surface area contributed by atoms with Gasteiger partial charge in [-0.25, -0.2) is 0 Å². The molecule has 4 heteroatoms. The maximum Gasteiger partial charge on any atom is 0.164 e. The first-order valence-electron chi connectivity index (χ1n) is 4.35. The molecule has 1 rings (SSSR count). The minimum Gasteiger partial charge on any atom is -0.411 e. The smallest absolute Gasteiger partial charge is 0.164 e. The van der Waals surface area contributed by atoms with Crippen LogP contribution in [0.4, 0.5) is 0 Å². The molecule has 0 aromatic carbocycles. The lowest BCUT2D eigenvalue weighted by molar-refractivity contribution is -0.155. The monoisotopic (exact) mass is 187 g/mol. The van der Waals surface area contributed by atoms with Gasteiger partial charge in [0, 0.05) is 0 Å². The summed E-state index contributed by atoms with van der Waals surface area (Å²) in [5.74, 6) is -0.611. The molecular weight excluding hydrogens is 170 g/mol. The predicted octanol–water partition coefficient (Wildman–Crippen LogP) is 1.77. The van der Waals surface area contributed by atoms with E-state index in [9.17, 15) is 0 Å². The minimum absolute atomic E-state index is 0.285. The lowest BCUT2D eigenvalue weighted by Crippen LogP contribution is -2.38. The van der Waals surface area contributed by atoms with E-state index in [4.69, 9.17) is 14.7 Å². The molecule has 1 heterocycles. The van der Waals surface area contributed by atoms with Crippen LogP contribution in [0.3, 0.4) is 0 Å². The summed E-state index contributed by atoms with van der Waals surface area (Å²) in [7, 11) is 0. The first-order chi connectivity index (χ1) is 5.78. The lowest BCUT2D eigenvalue weighted by atomic mass is 9.99. The van der Waals surface area contributed by atoms with Gasteiger partial charge in [-0.05, 0) is 34.6 Å². The van der Waals surface area contributed by atoms with Crippen LogP contribution in [0.2, 0.25) is 0 Å². The Labute approximate surface area is 78.5 Å². The van der Waals surface area contributed by atoms with Gasteiger partial charge in [-0.1, -0.05) is 5.16 Å². The van der Waals surface area contributed by atoms with Crippen molar-refractivity contribution in [1.29, 1.82) is 0 Å². The highest BCUT2D eigenvalue weighted by Gasteiger charge is 2.48. The number of rotatable bonds is 1. The Balaban J connectivity index is 2.89. The van der Waals surface area contributed by atoms with E-state index < -0.39 is 11.4 Å². The van der Waals surface area contributed by atoms with Gasteiger partial charge in [0.15, 0.2) is 5.79 Å². The third-order valence-corrected chi connectivity index (χ3v) is 2.08. The summed E-state index contributed by atoms with van der Waals surface area (Å²) in [6.07, 6.45) is -0.285. The molecule has 0 aromatic heterocycles. The zero-order chi connectivity index (χ0) is 10.3. The quantitative estimate of drug-likeness (QED) is 0.386. The van der Waals surface area contributed by atoms with Crippen LogP contribution in [-0.2, 0) is 9.47 Å². The van der Waals surface area contributed by atoms with E-state index in [1.165, 1.54) is 0 Å². The van der Waals surface area contributed by atoms with Crippen molar-refractivity contribution >= 4 is 5.71 Å². The fourth-order valence-electron chi connectivity index (χ4n) is 1.78. The molecule has 1 saturated heterocycles.